The Balaban J connectivity index is 1.82. The first kappa shape index (κ1) is 23.1. The van der Waals surface area contributed by atoms with Gasteiger partial charge in [-0.1, -0.05) is 19.1 Å². The molecule has 0 aromatic heterocycles. The topological polar surface area (TPSA) is 89.5 Å². The van der Waals surface area contributed by atoms with Crippen LogP contribution in [-0.4, -0.2) is 43.5 Å². The van der Waals surface area contributed by atoms with E-state index in [2.05, 4.69) is 12.2 Å². The summed E-state index contributed by atoms with van der Waals surface area (Å²) in [7, 11) is 3.19. The van der Waals surface area contributed by atoms with Crippen molar-refractivity contribution in [1.29, 1.82) is 0 Å². The zero-order chi connectivity index (χ0) is 23.1. The van der Waals surface area contributed by atoms with Crippen molar-refractivity contribution in [1.82, 2.24) is 5.01 Å². The number of amides is 2. The molecule has 2 aromatic rings. The molecule has 8 nitrogen and oxygen atoms in total. The minimum Gasteiger partial charge on any atom is -0.493 e. The second kappa shape index (κ2) is 10.7. The predicted molar refractivity (Wildman–Crippen MR) is 122 cm³/mol. The number of nitrogens with zero attached hydrogens (tertiary/aromatic N) is 2. The highest BCUT2D eigenvalue weighted by Gasteiger charge is 2.29. The standard InChI is InChI=1S/C24H29N3O5/c1-5-17-14-22(28)27(15-16-7-10-19(11-8-16)25-24(29)32-6-2)26-23(17)18-9-12-20(30-3)21(13-18)31-4/h7-13,17H,5-6,14-15H2,1-4H3,(H,25,29). The van der Waals surface area contributed by atoms with Gasteiger partial charge in [-0.25, -0.2) is 9.80 Å². The third-order valence-electron chi connectivity index (χ3n) is 5.30. The van der Waals surface area contributed by atoms with Crippen molar-refractivity contribution in [3.8, 4) is 11.5 Å². The molecule has 0 bridgehead atoms. The summed E-state index contributed by atoms with van der Waals surface area (Å²) >= 11 is 0. The van der Waals surface area contributed by atoms with Crippen molar-refractivity contribution in [3.63, 3.8) is 0 Å². The van der Waals surface area contributed by atoms with E-state index in [-0.39, 0.29) is 11.8 Å². The maximum Gasteiger partial charge on any atom is 0.411 e. The number of hydrogen-bond donors (Lipinski definition) is 1. The van der Waals surface area contributed by atoms with Crippen LogP contribution < -0.4 is 14.8 Å². The van der Waals surface area contributed by atoms with E-state index in [0.29, 0.717) is 36.8 Å². The molecular formula is C24H29N3O5. The predicted octanol–water partition coefficient (Wildman–Crippen LogP) is 4.44. The number of methoxy groups -OCH3 is 2. The van der Waals surface area contributed by atoms with E-state index in [9.17, 15) is 9.59 Å². The number of benzene rings is 2. The normalized spacial score (nSPS) is 15.8. The molecule has 0 fully saturated rings. The summed E-state index contributed by atoms with van der Waals surface area (Å²) in [5, 5.41) is 8.88. The summed E-state index contributed by atoms with van der Waals surface area (Å²) in [5.41, 5.74) is 3.28. The average Bonchev–Trinajstić information content (AvgIpc) is 2.81. The van der Waals surface area contributed by atoms with Gasteiger partial charge < -0.3 is 14.2 Å². The molecule has 8 heteroatoms. The van der Waals surface area contributed by atoms with Gasteiger partial charge in [-0.2, -0.15) is 5.10 Å². The second-order valence-electron chi connectivity index (χ2n) is 7.36. The van der Waals surface area contributed by atoms with Crippen LogP contribution in [0.4, 0.5) is 10.5 Å². The number of hydrazone groups is 1. The molecule has 0 saturated heterocycles. The van der Waals surface area contributed by atoms with E-state index in [0.717, 1.165) is 23.3 Å². The van der Waals surface area contributed by atoms with Gasteiger partial charge in [0.05, 0.1) is 33.1 Å². The molecule has 0 aliphatic carbocycles. The number of ether oxygens (including phenoxy) is 3. The van der Waals surface area contributed by atoms with Crippen molar-refractivity contribution < 1.29 is 23.8 Å². The third kappa shape index (κ3) is 5.38. The van der Waals surface area contributed by atoms with E-state index in [4.69, 9.17) is 19.3 Å². The van der Waals surface area contributed by atoms with Gasteiger partial charge in [-0.3, -0.25) is 10.1 Å². The summed E-state index contributed by atoms with van der Waals surface area (Å²) in [6.07, 6.45) is 0.703. The van der Waals surface area contributed by atoms with Gasteiger partial charge in [-0.05, 0) is 49.2 Å². The van der Waals surface area contributed by atoms with Crippen LogP contribution in [0.15, 0.2) is 47.6 Å². The number of carbonyl (C=O) groups is 2. The summed E-state index contributed by atoms with van der Waals surface area (Å²) in [6, 6.07) is 12.9. The lowest BCUT2D eigenvalue weighted by atomic mass is 9.89. The lowest BCUT2D eigenvalue weighted by Gasteiger charge is -2.29. The molecule has 2 aromatic carbocycles. The largest absolute Gasteiger partial charge is 0.493 e. The Bertz CT molecular complexity index is 988. The van der Waals surface area contributed by atoms with E-state index < -0.39 is 6.09 Å². The molecule has 32 heavy (non-hydrogen) atoms. The van der Waals surface area contributed by atoms with Crippen LogP contribution in [-0.2, 0) is 16.1 Å². The van der Waals surface area contributed by atoms with Gasteiger partial charge in [0.1, 0.15) is 0 Å². The minimum atomic E-state index is -0.499. The molecule has 170 valence electrons. The zero-order valence-electron chi connectivity index (χ0n) is 18.9. The van der Waals surface area contributed by atoms with Crippen LogP contribution in [0, 0.1) is 5.92 Å². The van der Waals surface area contributed by atoms with Crippen LogP contribution in [0.5, 0.6) is 11.5 Å². The third-order valence-corrected chi connectivity index (χ3v) is 5.30. The molecular weight excluding hydrogens is 410 g/mol. The molecule has 1 N–H and O–H groups in total. The van der Waals surface area contributed by atoms with Crippen LogP contribution in [0.25, 0.3) is 0 Å². The Morgan fingerprint density at radius 2 is 1.81 bits per heavy atom. The van der Waals surface area contributed by atoms with E-state index in [1.54, 1.807) is 33.3 Å². The van der Waals surface area contributed by atoms with Gasteiger partial charge in [0, 0.05) is 23.6 Å². The van der Waals surface area contributed by atoms with Gasteiger partial charge in [-0.15, -0.1) is 0 Å². The first-order valence-electron chi connectivity index (χ1n) is 10.6. The second-order valence-corrected chi connectivity index (χ2v) is 7.36. The first-order chi connectivity index (χ1) is 15.5. The number of anilines is 1. The van der Waals surface area contributed by atoms with E-state index in [1.807, 2.05) is 30.3 Å². The molecule has 1 unspecified atom stereocenters. The van der Waals surface area contributed by atoms with Crippen LogP contribution in [0.2, 0.25) is 0 Å². The maximum atomic E-state index is 12.8. The maximum absolute atomic E-state index is 12.8. The Morgan fingerprint density at radius 3 is 2.44 bits per heavy atom. The molecule has 0 radical (unpaired) electrons. The minimum absolute atomic E-state index is 0.0187. The van der Waals surface area contributed by atoms with Crippen LogP contribution in [0.1, 0.15) is 37.8 Å². The summed E-state index contributed by atoms with van der Waals surface area (Å²) in [6.45, 7) is 4.45. The highest BCUT2D eigenvalue weighted by atomic mass is 16.5. The Kier molecular flexibility index (Phi) is 7.70. The SMILES string of the molecule is CCOC(=O)Nc1ccc(CN2N=C(c3ccc(OC)c(OC)c3)C(CC)CC2=O)cc1. The van der Waals surface area contributed by atoms with Crippen molar-refractivity contribution >= 4 is 23.4 Å². The number of carbonyl (C=O) groups excluding carboxylic acids is 2. The molecule has 1 heterocycles. The first-order valence-corrected chi connectivity index (χ1v) is 10.6. The van der Waals surface area contributed by atoms with E-state index >= 15 is 0 Å². The number of rotatable bonds is 8. The van der Waals surface area contributed by atoms with Crippen LogP contribution >= 0.6 is 0 Å². The van der Waals surface area contributed by atoms with Crippen molar-refractivity contribution in [3.05, 3.63) is 53.6 Å². The molecule has 1 atom stereocenters. The summed E-state index contributed by atoms with van der Waals surface area (Å²) in [5.74, 6) is 1.28. The van der Waals surface area contributed by atoms with Crippen LogP contribution in [0.3, 0.4) is 0 Å². The molecule has 3 rings (SSSR count). The fourth-order valence-corrected chi connectivity index (χ4v) is 3.58. The Hall–Kier alpha value is -3.55. The molecule has 2 amide bonds. The number of nitrogens with one attached hydrogen (secondary N) is 1. The van der Waals surface area contributed by atoms with Crippen molar-refractivity contribution in [2.45, 2.75) is 33.2 Å². The monoisotopic (exact) mass is 439 g/mol. The average molecular weight is 440 g/mol. The zero-order valence-corrected chi connectivity index (χ0v) is 18.9. The number of hydrogen-bond acceptors (Lipinski definition) is 6. The van der Waals surface area contributed by atoms with Gasteiger partial charge in [0.15, 0.2) is 11.5 Å². The molecule has 1 aliphatic rings. The molecule has 1 aliphatic heterocycles. The van der Waals surface area contributed by atoms with Gasteiger partial charge >= 0.3 is 6.09 Å². The highest BCUT2D eigenvalue weighted by Crippen LogP contribution is 2.31. The van der Waals surface area contributed by atoms with Crippen molar-refractivity contribution in [2.75, 3.05) is 26.1 Å². The fraction of sp³-hybridized carbons (Fsp3) is 0.375. The fourth-order valence-electron chi connectivity index (χ4n) is 3.58. The summed E-state index contributed by atoms with van der Waals surface area (Å²) in [4.78, 5) is 24.3. The van der Waals surface area contributed by atoms with Crippen molar-refractivity contribution in [2.24, 2.45) is 11.0 Å². The quantitative estimate of drug-likeness (QED) is 0.657. The molecule has 0 spiro atoms. The molecule has 0 saturated carbocycles. The Morgan fingerprint density at radius 1 is 1.09 bits per heavy atom. The van der Waals surface area contributed by atoms with Gasteiger partial charge in [0.2, 0.25) is 5.91 Å². The highest BCUT2D eigenvalue weighted by molar-refractivity contribution is 6.06. The lowest BCUT2D eigenvalue weighted by molar-refractivity contribution is -0.133. The van der Waals surface area contributed by atoms with Gasteiger partial charge in [0.25, 0.3) is 0 Å². The smallest absolute Gasteiger partial charge is 0.411 e. The lowest BCUT2D eigenvalue weighted by Crippen LogP contribution is -2.36. The van der Waals surface area contributed by atoms with E-state index in [1.165, 1.54) is 5.01 Å². The summed E-state index contributed by atoms with van der Waals surface area (Å²) < 4.78 is 15.6. The Labute approximate surface area is 188 Å².